The minimum atomic E-state index is -0.216. The number of benzene rings is 2. The number of hydrazine groups is 1. The first-order chi connectivity index (χ1) is 14.6. The standard InChI is InChI=1S/C23H25FN4O2/c1-28(23(29)17-9-7-16(8-10-17)22-14-25-15-30-22)11-3-6-20-13-21(27-26-20)18-4-2-5-19(24)12-18/h2,4-5,7-10,12,14-15,20-21,26-27H,3,6,11,13H2,1H3. The maximum atomic E-state index is 13.4. The van der Waals surface area contributed by atoms with Gasteiger partial charge >= 0.3 is 0 Å². The lowest BCUT2D eigenvalue weighted by molar-refractivity contribution is 0.0791. The first-order valence-corrected chi connectivity index (χ1v) is 10.1. The van der Waals surface area contributed by atoms with Crippen molar-refractivity contribution in [3.8, 4) is 11.3 Å². The third kappa shape index (κ3) is 4.75. The summed E-state index contributed by atoms with van der Waals surface area (Å²) in [4.78, 5) is 18.3. The van der Waals surface area contributed by atoms with Gasteiger partial charge in [0.05, 0.1) is 6.20 Å². The molecule has 156 valence electrons. The lowest BCUT2D eigenvalue weighted by atomic mass is 9.99. The lowest BCUT2D eigenvalue weighted by Gasteiger charge is -2.18. The summed E-state index contributed by atoms with van der Waals surface area (Å²) < 4.78 is 18.7. The molecule has 2 atom stereocenters. The highest BCUT2D eigenvalue weighted by atomic mass is 19.1. The number of nitrogens with zero attached hydrogens (tertiary/aromatic N) is 2. The van der Waals surface area contributed by atoms with Gasteiger partial charge in [0.2, 0.25) is 0 Å². The zero-order chi connectivity index (χ0) is 20.9. The number of nitrogens with one attached hydrogen (secondary N) is 2. The second kappa shape index (κ2) is 9.19. The summed E-state index contributed by atoms with van der Waals surface area (Å²) in [5.74, 6) is 0.456. The number of oxazole rings is 1. The number of hydrogen-bond acceptors (Lipinski definition) is 5. The van der Waals surface area contributed by atoms with E-state index in [1.54, 1.807) is 23.2 Å². The SMILES string of the molecule is CN(CCCC1CC(c2cccc(F)c2)NN1)C(=O)c1ccc(-c2cnco2)cc1. The largest absolute Gasteiger partial charge is 0.444 e. The maximum Gasteiger partial charge on any atom is 0.253 e. The molecule has 3 aromatic rings. The van der Waals surface area contributed by atoms with E-state index in [2.05, 4.69) is 15.8 Å². The average Bonchev–Trinajstić information content (AvgIpc) is 3.46. The smallest absolute Gasteiger partial charge is 0.253 e. The van der Waals surface area contributed by atoms with Crippen molar-refractivity contribution < 1.29 is 13.6 Å². The number of carbonyl (C=O) groups excluding carboxylic acids is 1. The molecule has 0 bridgehead atoms. The minimum absolute atomic E-state index is 0.00531. The van der Waals surface area contributed by atoms with Crippen molar-refractivity contribution in [3.63, 3.8) is 0 Å². The van der Waals surface area contributed by atoms with Crippen molar-refractivity contribution in [3.05, 3.63) is 78.1 Å². The Morgan fingerprint density at radius 2 is 2.07 bits per heavy atom. The van der Waals surface area contributed by atoms with Crippen molar-refractivity contribution in [1.29, 1.82) is 0 Å². The monoisotopic (exact) mass is 408 g/mol. The number of hydrogen-bond donors (Lipinski definition) is 2. The predicted molar refractivity (Wildman–Crippen MR) is 112 cm³/mol. The van der Waals surface area contributed by atoms with E-state index >= 15 is 0 Å². The molecular formula is C23H25FN4O2. The molecule has 1 aliphatic rings. The van der Waals surface area contributed by atoms with Gasteiger partial charge in [-0.15, -0.1) is 0 Å². The summed E-state index contributed by atoms with van der Waals surface area (Å²) in [6.45, 7) is 0.672. The molecule has 6 nitrogen and oxygen atoms in total. The van der Waals surface area contributed by atoms with Gasteiger partial charge in [-0.2, -0.15) is 0 Å². The van der Waals surface area contributed by atoms with Gasteiger partial charge in [-0.1, -0.05) is 24.3 Å². The van der Waals surface area contributed by atoms with Gasteiger partial charge in [-0.3, -0.25) is 15.6 Å². The molecule has 1 amide bonds. The predicted octanol–water partition coefficient (Wildman–Crippen LogP) is 3.94. The normalized spacial score (nSPS) is 18.5. The topological polar surface area (TPSA) is 70.4 Å². The Kier molecular flexibility index (Phi) is 6.21. The number of amides is 1. The van der Waals surface area contributed by atoms with E-state index in [1.165, 1.54) is 12.5 Å². The summed E-state index contributed by atoms with van der Waals surface area (Å²) >= 11 is 0. The molecule has 0 saturated carbocycles. The van der Waals surface area contributed by atoms with Crippen molar-refractivity contribution in [1.82, 2.24) is 20.7 Å². The van der Waals surface area contributed by atoms with Gasteiger partial charge in [0.15, 0.2) is 12.2 Å². The van der Waals surface area contributed by atoms with Crippen LogP contribution in [-0.4, -0.2) is 35.4 Å². The third-order valence-electron chi connectivity index (χ3n) is 5.47. The van der Waals surface area contributed by atoms with Crippen LogP contribution in [0.1, 0.15) is 41.2 Å². The molecule has 1 aliphatic heterocycles. The Morgan fingerprint density at radius 3 is 2.80 bits per heavy atom. The molecule has 2 heterocycles. The molecule has 1 aromatic heterocycles. The van der Waals surface area contributed by atoms with Crippen LogP contribution in [0.4, 0.5) is 4.39 Å². The van der Waals surface area contributed by atoms with Gasteiger partial charge in [0, 0.05) is 36.8 Å². The van der Waals surface area contributed by atoms with E-state index in [0.717, 1.165) is 30.4 Å². The maximum absolute atomic E-state index is 13.4. The van der Waals surface area contributed by atoms with Crippen LogP contribution in [0.25, 0.3) is 11.3 Å². The summed E-state index contributed by atoms with van der Waals surface area (Å²) in [7, 11) is 1.82. The van der Waals surface area contributed by atoms with Crippen LogP contribution in [0, 0.1) is 5.82 Å². The quantitative estimate of drug-likeness (QED) is 0.620. The first kappa shape index (κ1) is 20.3. The molecule has 2 unspecified atom stereocenters. The summed E-state index contributed by atoms with van der Waals surface area (Å²) in [6.07, 6.45) is 5.74. The highest BCUT2D eigenvalue weighted by molar-refractivity contribution is 5.94. The van der Waals surface area contributed by atoms with Crippen LogP contribution in [0.15, 0.2) is 65.5 Å². The summed E-state index contributed by atoms with van der Waals surface area (Å²) in [5, 5.41) is 0. The Bertz CT molecular complexity index is 975. The number of halogens is 1. The molecule has 0 spiro atoms. The average molecular weight is 408 g/mol. The molecule has 2 aromatic carbocycles. The van der Waals surface area contributed by atoms with Crippen LogP contribution in [0.3, 0.4) is 0 Å². The second-order valence-electron chi connectivity index (χ2n) is 7.64. The van der Waals surface area contributed by atoms with Crippen LogP contribution >= 0.6 is 0 Å². The molecule has 0 aliphatic carbocycles. The lowest BCUT2D eigenvalue weighted by Crippen LogP contribution is -2.32. The fraction of sp³-hybridized carbons (Fsp3) is 0.304. The zero-order valence-electron chi connectivity index (χ0n) is 16.8. The van der Waals surface area contributed by atoms with E-state index < -0.39 is 0 Å². The molecule has 1 saturated heterocycles. The van der Waals surface area contributed by atoms with Crippen LogP contribution in [0.2, 0.25) is 0 Å². The van der Waals surface area contributed by atoms with Crippen molar-refractivity contribution >= 4 is 5.91 Å². The van der Waals surface area contributed by atoms with E-state index in [1.807, 2.05) is 37.4 Å². The Hall–Kier alpha value is -3.03. The Labute approximate surface area is 175 Å². The fourth-order valence-corrected chi connectivity index (χ4v) is 3.79. The highest BCUT2D eigenvalue weighted by Gasteiger charge is 2.25. The summed E-state index contributed by atoms with van der Waals surface area (Å²) in [5.41, 5.74) is 9.02. The van der Waals surface area contributed by atoms with Gasteiger partial charge in [-0.05, 0) is 49.1 Å². The molecule has 4 rings (SSSR count). The first-order valence-electron chi connectivity index (χ1n) is 10.1. The van der Waals surface area contributed by atoms with Crippen LogP contribution in [-0.2, 0) is 0 Å². The van der Waals surface area contributed by atoms with Gasteiger partial charge in [0.25, 0.3) is 5.91 Å². The second-order valence-corrected chi connectivity index (χ2v) is 7.64. The van der Waals surface area contributed by atoms with Crippen molar-refractivity contribution in [2.24, 2.45) is 0 Å². The van der Waals surface area contributed by atoms with Crippen LogP contribution < -0.4 is 10.9 Å². The number of carbonyl (C=O) groups is 1. The Balaban J connectivity index is 1.24. The van der Waals surface area contributed by atoms with Gasteiger partial charge < -0.3 is 9.32 Å². The van der Waals surface area contributed by atoms with Gasteiger partial charge in [0.1, 0.15) is 5.82 Å². The van der Waals surface area contributed by atoms with E-state index in [4.69, 9.17) is 4.42 Å². The zero-order valence-corrected chi connectivity index (χ0v) is 16.8. The Morgan fingerprint density at radius 1 is 1.23 bits per heavy atom. The molecule has 30 heavy (non-hydrogen) atoms. The van der Waals surface area contributed by atoms with Crippen molar-refractivity contribution in [2.45, 2.75) is 31.3 Å². The third-order valence-corrected chi connectivity index (χ3v) is 5.47. The molecular weight excluding hydrogens is 383 g/mol. The van der Waals surface area contributed by atoms with Crippen LogP contribution in [0.5, 0.6) is 0 Å². The molecule has 7 heteroatoms. The van der Waals surface area contributed by atoms with Gasteiger partial charge in [-0.25, -0.2) is 9.37 Å². The minimum Gasteiger partial charge on any atom is -0.444 e. The van der Waals surface area contributed by atoms with E-state index in [-0.39, 0.29) is 17.8 Å². The van der Waals surface area contributed by atoms with E-state index in [9.17, 15) is 9.18 Å². The molecule has 2 N–H and O–H groups in total. The highest BCUT2D eigenvalue weighted by Crippen LogP contribution is 2.25. The summed E-state index contributed by atoms with van der Waals surface area (Å²) in [6, 6.07) is 14.4. The van der Waals surface area contributed by atoms with E-state index in [0.29, 0.717) is 23.9 Å². The number of aromatic nitrogens is 1. The fourth-order valence-electron chi connectivity index (χ4n) is 3.79. The number of rotatable bonds is 7. The van der Waals surface area contributed by atoms with Crippen molar-refractivity contribution in [2.75, 3.05) is 13.6 Å². The molecule has 0 radical (unpaired) electrons. The molecule has 1 fully saturated rings.